The highest BCUT2D eigenvalue weighted by atomic mass is 35.5. The van der Waals surface area contributed by atoms with Crippen LogP contribution >= 0.6 is 11.6 Å². The van der Waals surface area contributed by atoms with Gasteiger partial charge in [0.2, 0.25) is 0 Å². The molecule has 0 aliphatic heterocycles. The van der Waals surface area contributed by atoms with Crippen molar-refractivity contribution < 1.29 is 9.59 Å². The fourth-order valence-electron chi connectivity index (χ4n) is 1.48. The molecule has 0 saturated heterocycles. The van der Waals surface area contributed by atoms with Crippen LogP contribution in [0, 0.1) is 10.8 Å². The molecule has 0 aromatic rings. The van der Waals surface area contributed by atoms with E-state index in [1.54, 1.807) is 27.7 Å². The lowest BCUT2D eigenvalue weighted by atomic mass is 9.67. The van der Waals surface area contributed by atoms with Crippen LogP contribution in [-0.4, -0.2) is 11.6 Å². The fraction of sp³-hybridized carbons (Fsp3) is 0.600. The minimum absolute atomic E-state index is 0.113. The maximum Gasteiger partial charge on any atom is 0.169 e. The Hall–Kier alpha value is -0.630. The van der Waals surface area contributed by atoms with E-state index in [2.05, 4.69) is 0 Å². The monoisotopic (exact) mass is 200 g/mol. The molecule has 3 heteroatoms. The molecule has 0 aromatic heterocycles. The van der Waals surface area contributed by atoms with Crippen molar-refractivity contribution in [2.24, 2.45) is 10.8 Å². The third-order valence-electron chi connectivity index (χ3n) is 2.61. The Labute approximate surface area is 83.0 Å². The van der Waals surface area contributed by atoms with Crippen molar-refractivity contribution in [3.05, 3.63) is 11.1 Å². The largest absolute Gasteiger partial charge is 0.298 e. The van der Waals surface area contributed by atoms with Crippen LogP contribution in [0.1, 0.15) is 27.7 Å². The van der Waals surface area contributed by atoms with Gasteiger partial charge in [-0.2, -0.15) is 0 Å². The Morgan fingerprint density at radius 2 is 1.54 bits per heavy atom. The van der Waals surface area contributed by atoms with E-state index >= 15 is 0 Å². The zero-order chi connectivity index (χ0) is 10.4. The average Bonchev–Trinajstić information content (AvgIpc) is 2.00. The molecule has 1 rings (SSSR count). The molecular formula is C10H13ClO2. The van der Waals surface area contributed by atoms with Crippen LogP contribution < -0.4 is 0 Å². The van der Waals surface area contributed by atoms with Gasteiger partial charge in [0.05, 0.1) is 10.8 Å². The Balaban J connectivity index is 3.32. The van der Waals surface area contributed by atoms with E-state index in [0.29, 0.717) is 5.03 Å². The summed E-state index contributed by atoms with van der Waals surface area (Å²) >= 11 is 5.84. The molecule has 0 amide bonds. The van der Waals surface area contributed by atoms with E-state index in [1.165, 1.54) is 6.08 Å². The molecule has 0 fully saturated rings. The summed E-state index contributed by atoms with van der Waals surface area (Å²) in [4.78, 5) is 23.3. The lowest BCUT2D eigenvalue weighted by Gasteiger charge is -2.35. The third kappa shape index (κ3) is 1.33. The van der Waals surface area contributed by atoms with Gasteiger partial charge in [0.25, 0.3) is 0 Å². The second-order valence-corrected chi connectivity index (χ2v) is 4.84. The maximum absolute atomic E-state index is 11.8. The van der Waals surface area contributed by atoms with Gasteiger partial charge >= 0.3 is 0 Å². The first-order valence-corrected chi connectivity index (χ1v) is 4.55. The zero-order valence-electron chi connectivity index (χ0n) is 8.27. The van der Waals surface area contributed by atoms with Crippen molar-refractivity contribution in [3.8, 4) is 0 Å². The second kappa shape index (κ2) is 2.68. The first kappa shape index (κ1) is 10.5. The van der Waals surface area contributed by atoms with Crippen molar-refractivity contribution in [1.29, 1.82) is 0 Å². The highest BCUT2D eigenvalue weighted by molar-refractivity contribution is 6.36. The standard InChI is InChI=1S/C10H13ClO2/c1-9(2)6(11)5-7(12)10(3,4)8(9)13/h5H,1-4H3. The first-order chi connectivity index (χ1) is 5.70. The van der Waals surface area contributed by atoms with Gasteiger partial charge in [0.1, 0.15) is 0 Å². The van der Waals surface area contributed by atoms with Gasteiger partial charge in [-0.15, -0.1) is 0 Å². The normalized spacial score (nSPS) is 25.8. The van der Waals surface area contributed by atoms with Gasteiger partial charge in [-0.1, -0.05) is 11.6 Å². The summed E-state index contributed by atoms with van der Waals surface area (Å²) in [6, 6.07) is 0. The summed E-state index contributed by atoms with van der Waals surface area (Å²) in [5.41, 5.74) is -1.65. The van der Waals surface area contributed by atoms with Gasteiger partial charge in [-0.3, -0.25) is 9.59 Å². The Morgan fingerprint density at radius 3 is 2.00 bits per heavy atom. The van der Waals surface area contributed by atoms with E-state index in [4.69, 9.17) is 11.6 Å². The van der Waals surface area contributed by atoms with Crippen molar-refractivity contribution in [1.82, 2.24) is 0 Å². The molecule has 2 nitrogen and oxygen atoms in total. The average molecular weight is 201 g/mol. The predicted octanol–water partition coefficient (Wildman–Crippen LogP) is 2.31. The summed E-state index contributed by atoms with van der Waals surface area (Å²) in [6.07, 6.45) is 1.36. The summed E-state index contributed by atoms with van der Waals surface area (Å²) in [7, 11) is 0. The lowest BCUT2D eigenvalue weighted by molar-refractivity contribution is -0.142. The van der Waals surface area contributed by atoms with Crippen molar-refractivity contribution >= 4 is 23.2 Å². The molecule has 0 bridgehead atoms. The number of hydrogen-bond acceptors (Lipinski definition) is 2. The number of carbonyl (C=O) groups excluding carboxylic acids is 2. The van der Waals surface area contributed by atoms with E-state index in [0.717, 1.165) is 0 Å². The van der Waals surface area contributed by atoms with Gasteiger partial charge in [-0.25, -0.2) is 0 Å². The lowest BCUT2D eigenvalue weighted by Crippen LogP contribution is -2.45. The van der Waals surface area contributed by atoms with Crippen molar-refractivity contribution in [3.63, 3.8) is 0 Å². The zero-order valence-corrected chi connectivity index (χ0v) is 9.03. The molecule has 0 radical (unpaired) electrons. The van der Waals surface area contributed by atoms with Crippen LogP contribution in [-0.2, 0) is 9.59 Å². The van der Waals surface area contributed by atoms with Crippen molar-refractivity contribution in [2.75, 3.05) is 0 Å². The molecule has 1 aliphatic rings. The Bertz CT molecular complexity index is 311. The number of Topliss-reactive ketones (excluding diaryl/α,β-unsaturated/α-hetero) is 1. The molecule has 0 N–H and O–H groups in total. The quantitative estimate of drug-likeness (QED) is 0.563. The number of carbonyl (C=O) groups is 2. The summed E-state index contributed by atoms with van der Waals surface area (Å²) < 4.78 is 0. The van der Waals surface area contributed by atoms with Crippen LogP contribution in [0.5, 0.6) is 0 Å². The van der Waals surface area contributed by atoms with Crippen LogP contribution in [0.4, 0.5) is 0 Å². The topological polar surface area (TPSA) is 34.1 Å². The molecule has 72 valence electrons. The van der Waals surface area contributed by atoms with Gasteiger partial charge < -0.3 is 0 Å². The van der Waals surface area contributed by atoms with E-state index in [-0.39, 0.29) is 11.6 Å². The van der Waals surface area contributed by atoms with Gasteiger partial charge in [0.15, 0.2) is 11.6 Å². The predicted molar refractivity (Wildman–Crippen MR) is 51.5 cm³/mol. The smallest absolute Gasteiger partial charge is 0.169 e. The van der Waals surface area contributed by atoms with Crippen LogP contribution in [0.15, 0.2) is 11.1 Å². The van der Waals surface area contributed by atoms with Crippen LogP contribution in [0.3, 0.4) is 0 Å². The number of rotatable bonds is 0. The van der Waals surface area contributed by atoms with E-state index < -0.39 is 10.8 Å². The minimum atomic E-state index is -0.929. The first-order valence-electron chi connectivity index (χ1n) is 4.17. The van der Waals surface area contributed by atoms with Gasteiger partial charge in [-0.05, 0) is 33.8 Å². The third-order valence-corrected chi connectivity index (χ3v) is 3.19. The van der Waals surface area contributed by atoms with Crippen molar-refractivity contribution in [2.45, 2.75) is 27.7 Å². The molecule has 0 saturated carbocycles. The van der Waals surface area contributed by atoms with E-state index in [1.807, 2.05) is 0 Å². The molecular weight excluding hydrogens is 188 g/mol. The number of hydrogen-bond donors (Lipinski definition) is 0. The maximum atomic E-state index is 11.8. The highest BCUT2D eigenvalue weighted by Crippen LogP contribution is 2.42. The minimum Gasteiger partial charge on any atom is -0.298 e. The molecule has 1 aliphatic carbocycles. The van der Waals surface area contributed by atoms with Crippen LogP contribution in [0.2, 0.25) is 0 Å². The molecule has 0 unspecified atom stereocenters. The molecule has 0 aromatic carbocycles. The van der Waals surface area contributed by atoms with Gasteiger partial charge in [0, 0.05) is 5.03 Å². The van der Waals surface area contributed by atoms with E-state index in [9.17, 15) is 9.59 Å². The van der Waals surface area contributed by atoms with Crippen LogP contribution in [0.25, 0.3) is 0 Å². The molecule has 0 spiro atoms. The number of allylic oxidation sites excluding steroid dienone is 2. The summed E-state index contributed by atoms with van der Waals surface area (Å²) in [5, 5.41) is 0.335. The Morgan fingerprint density at radius 1 is 1.08 bits per heavy atom. The molecule has 0 heterocycles. The molecule has 13 heavy (non-hydrogen) atoms. The highest BCUT2D eigenvalue weighted by Gasteiger charge is 2.48. The summed E-state index contributed by atoms with van der Waals surface area (Å²) in [5.74, 6) is -0.320. The fourth-order valence-corrected chi connectivity index (χ4v) is 1.66. The number of halogens is 1. The molecule has 0 atom stereocenters. The SMILES string of the molecule is CC1(C)C(=O)C=C(Cl)C(C)(C)C1=O. The number of ketones is 2. The Kier molecular flexibility index (Phi) is 2.15. The second-order valence-electron chi connectivity index (χ2n) is 4.44. The summed E-state index contributed by atoms with van der Waals surface area (Å²) in [6.45, 7) is 6.75.